The van der Waals surface area contributed by atoms with Crippen LogP contribution in [-0.4, -0.2) is 27.6 Å². The van der Waals surface area contributed by atoms with Crippen molar-refractivity contribution in [2.45, 2.75) is 37.2 Å². The van der Waals surface area contributed by atoms with E-state index >= 15 is 0 Å². The van der Waals surface area contributed by atoms with Crippen LogP contribution in [0.2, 0.25) is 0 Å². The summed E-state index contributed by atoms with van der Waals surface area (Å²) < 4.78 is 6.89. The van der Waals surface area contributed by atoms with Crippen LogP contribution in [0.1, 0.15) is 25.8 Å². The Balaban J connectivity index is 1.91. The summed E-state index contributed by atoms with van der Waals surface area (Å²) in [5, 5.41) is 7.43. The Morgan fingerprint density at radius 3 is 2.95 bits per heavy atom. The highest BCUT2D eigenvalue weighted by Gasteiger charge is 2.60. The number of allylic oxidation sites excluding steroid dienone is 3. The van der Waals surface area contributed by atoms with Crippen molar-refractivity contribution in [3.8, 4) is 0 Å². The van der Waals surface area contributed by atoms with Crippen molar-refractivity contribution in [3.63, 3.8) is 0 Å². The monoisotopic (exact) mass is 399 g/mol. The van der Waals surface area contributed by atoms with Gasteiger partial charge in [-0.2, -0.15) is 0 Å². The molecule has 3 rings (SSSR count). The first-order valence-electron chi connectivity index (χ1n) is 7.04. The number of thiazole rings is 1. The standard InChI is InChI=1S/C15H18BrN3OS2/c1-4-5-6-7-17-13-19-15(12-18-10(16)8-21-12)9-20-14(2,3)11(15)22-13/h4-8,11H,9H2,1-3H3,(H,17,19)/b5-4-,7-6-/t11?,15-/m0/s1. The van der Waals surface area contributed by atoms with Crippen molar-refractivity contribution >= 4 is 44.2 Å². The van der Waals surface area contributed by atoms with Crippen LogP contribution in [0, 0.1) is 0 Å². The zero-order valence-corrected chi connectivity index (χ0v) is 15.9. The lowest BCUT2D eigenvalue weighted by atomic mass is 9.91. The molecule has 0 bridgehead atoms. The SMILES string of the molecule is C/C=C\C=C/NC1=N[C@@]2(c3nc(Br)cs3)COC(C)(C)C2S1. The maximum Gasteiger partial charge on any atom is 0.162 e. The third-order valence-electron chi connectivity index (χ3n) is 3.71. The number of thioether (sulfide) groups is 1. The molecule has 1 saturated heterocycles. The molecule has 1 aromatic heterocycles. The Morgan fingerprint density at radius 1 is 1.45 bits per heavy atom. The number of ether oxygens (including phenoxy) is 1. The second-order valence-corrected chi connectivity index (χ2v) is 8.50. The van der Waals surface area contributed by atoms with E-state index in [9.17, 15) is 0 Å². The fourth-order valence-corrected chi connectivity index (χ4v) is 5.54. The molecular weight excluding hydrogens is 382 g/mol. The third kappa shape index (κ3) is 2.79. The first-order chi connectivity index (χ1) is 10.5. The Labute approximate surface area is 147 Å². The van der Waals surface area contributed by atoms with Gasteiger partial charge in [0.1, 0.15) is 9.61 Å². The summed E-state index contributed by atoms with van der Waals surface area (Å²) in [6, 6.07) is 0. The Hall–Kier alpha value is -0.630. The first-order valence-corrected chi connectivity index (χ1v) is 9.59. The second-order valence-electron chi connectivity index (χ2n) is 5.74. The summed E-state index contributed by atoms with van der Waals surface area (Å²) in [4.78, 5) is 9.57. The number of hydrogen-bond acceptors (Lipinski definition) is 6. The molecular formula is C15H18BrN3OS2. The summed E-state index contributed by atoms with van der Waals surface area (Å²) in [6.45, 7) is 6.82. The maximum atomic E-state index is 6.03. The molecule has 0 spiro atoms. The summed E-state index contributed by atoms with van der Waals surface area (Å²) in [6.07, 6.45) is 7.84. The van der Waals surface area contributed by atoms with Crippen LogP contribution in [0.25, 0.3) is 0 Å². The summed E-state index contributed by atoms with van der Waals surface area (Å²) in [5.41, 5.74) is -0.621. The van der Waals surface area contributed by atoms with Crippen LogP contribution >= 0.6 is 39.0 Å². The molecule has 1 aromatic rings. The minimum atomic E-state index is -0.387. The van der Waals surface area contributed by atoms with Crippen molar-refractivity contribution in [1.82, 2.24) is 10.3 Å². The van der Waals surface area contributed by atoms with E-state index in [0.717, 1.165) is 14.8 Å². The van der Waals surface area contributed by atoms with Gasteiger partial charge in [-0.15, -0.1) is 11.3 Å². The second kappa shape index (κ2) is 6.11. The predicted octanol–water partition coefficient (Wildman–Crippen LogP) is 4.06. The molecule has 2 aliphatic heterocycles. The van der Waals surface area contributed by atoms with E-state index in [2.05, 4.69) is 40.1 Å². The van der Waals surface area contributed by atoms with Gasteiger partial charge in [0, 0.05) is 11.6 Å². The molecule has 22 heavy (non-hydrogen) atoms. The zero-order chi connectivity index (χ0) is 15.8. The van der Waals surface area contributed by atoms with Gasteiger partial charge in [0.15, 0.2) is 10.7 Å². The van der Waals surface area contributed by atoms with E-state index in [1.54, 1.807) is 23.1 Å². The summed E-state index contributed by atoms with van der Waals surface area (Å²) >= 11 is 6.82. The van der Waals surface area contributed by atoms with Gasteiger partial charge < -0.3 is 10.1 Å². The normalized spacial score (nSPS) is 30.2. The molecule has 0 saturated carbocycles. The van der Waals surface area contributed by atoms with Gasteiger partial charge in [-0.05, 0) is 42.8 Å². The lowest BCUT2D eigenvalue weighted by Gasteiger charge is -2.27. The van der Waals surface area contributed by atoms with Crippen LogP contribution in [0.5, 0.6) is 0 Å². The van der Waals surface area contributed by atoms with Gasteiger partial charge in [0.25, 0.3) is 0 Å². The number of amidine groups is 1. The minimum Gasteiger partial charge on any atom is -0.371 e. The molecule has 4 nitrogen and oxygen atoms in total. The van der Waals surface area contributed by atoms with Gasteiger partial charge in [-0.3, -0.25) is 0 Å². The fraction of sp³-hybridized carbons (Fsp3) is 0.467. The maximum absolute atomic E-state index is 6.03. The molecule has 1 unspecified atom stereocenters. The summed E-state index contributed by atoms with van der Waals surface area (Å²) in [7, 11) is 0. The predicted molar refractivity (Wildman–Crippen MR) is 97.4 cm³/mol. The highest BCUT2D eigenvalue weighted by molar-refractivity contribution is 9.10. The van der Waals surface area contributed by atoms with E-state index in [-0.39, 0.29) is 16.4 Å². The van der Waals surface area contributed by atoms with Crippen LogP contribution in [0.4, 0.5) is 0 Å². The molecule has 1 N–H and O–H groups in total. The smallest absolute Gasteiger partial charge is 0.162 e. The van der Waals surface area contributed by atoms with Crippen LogP contribution in [-0.2, 0) is 10.3 Å². The molecule has 2 aliphatic rings. The van der Waals surface area contributed by atoms with Crippen molar-refractivity contribution in [2.24, 2.45) is 4.99 Å². The number of nitrogens with one attached hydrogen (secondary N) is 1. The van der Waals surface area contributed by atoms with Crippen LogP contribution in [0.3, 0.4) is 0 Å². The lowest BCUT2D eigenvalue weighted by Crippen LogP contribution is -2.39. The van der Waals surface area contributed by atoms with Gasteiger partial charge in [-0.1, -0.05) is 23.9 Å². The van der Waals surface area contributed by atoms with Crippen molar-refractivity contribution < 1.29 is 4.74 Å². The molecule has 0 amide bonds. The van der Waals surface area contributed by atoms with E-state index in [0.29, 0.717) is 6.61 Å². The van der Waals surface area contributed by atoms with Crippen LogP contribution < -0.4 is 5.32 Å². The van der Waals surface area contributed by atoms with Gasteiger partial charge in [0.2, 0.25) is 0 Å². The molecule has 0 aromatic carbocycles. The Bertz CT molecular complexity index is 653. The molecule has 118 valence electrons. The quantitative estimate of drug-likeness (QED) is 0.778. The number of fused-ring (bicyclic) bond motifs is 1. The largest absolute Gasteiger partial charge is 0.371 e. The number of aliphatic imine (C=N–C) groups is 1. The number of nitrogens with zero attached hydrogens (tertiary/aromatic N) is 2. The van der Waals surface area contributed by atoms with E-state index < -0.39 is 0 Å². The average Bonchev–Trinajstić information content (AvgIpc) is 3.12. The van der Waals surface area contributed by atoms with Crippen LogP contribution in [0.15, 0.2) is 39.4 Å². The molecule has 0 radical (unpaired) electrons. The highest BCUT2D eigenvalue weighted by atomic mass is 79.9. The molecule has 2 atom stereocenters. The van der Waals surface area contributed by atoms with Crippen molar-refractivity contribution in [2.75, 3.05) is 6.61 Å². The molecule has 0 aliphatic carbocycles. The Kier molecular flexibility index (Phi) is 4.51. The minimum absolute atomic E-state index is 0.218. The first kappa shape index (κ1) is 16.2. The zero-order valence-electron chi connectivity index (χ0n) is 12.7. The number of halogens is 1. The van der Waals surface area contributed by atoms with Crippen molar-refractivity contribution in [3.05, 3.63) is 39.4 Å². The van der Waals surface area contributed by atoms with Gasteiger partial charge in [0.05, 0.1) is 17.5 Å². The Morgan fingerprint density at radius 2 is 2.27 bits per heavy atom. The highest BCUT2D eigenvalue weighted by Crippen LogP contribution is 2.54. The molecule has 7 heteroatoms. The molecule has 3 heterocycles. The van der Waals surface area contributed by atoms with E-state index in [4.69, 9.17) is 9.73 Å². The molecule has 1 fully saturated rings. The number of hydrogen-bond donors (Lipinski definition) is 1. The average molecular weight is 400 g/mol. The van der Waals surface area contributed by atoms with E-state index in [1.807, 2.05) is 36.7 Å². The fourth-order valence-electron chi connectivity index (χ4n) is 2.70. The van der Waals surface area contributed by atoms with E-state index in [1.165, 1.54) is 0 Å². The summed E-state index contributed by atoms with van der Waals surface area (Å²) in [5.74, 6) is 0. The van der Waals surface area contributed by atoms with Gasteiger partial charge in [-0.25, -0.2) is 9.98 Å². The lowest BCUT2D eigenvalue weighted by molar-refractivity contribution is 0.0362. The third-order valence-corrected chi connectivity index (χ3v) is 7.06. The topological polar surface area (TPSA) is 46.5 Å². The number of aromatic nitrogens is 1. The van der Waals surface area contributed by atoms with Gasteiger partial charge >= 0.3 is 0 Å². The number of rotatable bonds is 3. The van der Waals surface area contributed by atoms with Crippen molar-refractivity contribution in [1.29, 1.82) is 0 Å².